The minimum atomic E-state index is 0. The average Bonchev–Trinajstić information content (AvgIpc) is 2.81. The average molecular weight is 419 g/mol. The van der Waals surface area contributed by atoms with Crippen LogP contribution in [0.5, 0.6) is 0 Å². The third-order valence-corrected chi connectivity index (χ3v) is 6.39. The van der Waals surface area contributed by atoms with Crippen LogP contribution in [0, 0.1) is 0 Å². The number of para-hydroxylation sites is 4. The Morgan fingerprint density at radius 2 is 0.594 bits per heavy atom. The van der Waals surface area contributed by atoms with Crippen LogP contribution in [0.4, 0.5) is 0 Å². The quantitative estimate of drug-likeness (QED) is 0.203. The molecule has 0 saturated carbocycles. The molecule has 0 saturated heterocycles. The second kappa shape index (κ2) is 8.05. The van der Waals surface area contributed by atoms with Gasteiger partial charge in [-0.05, 0) is 24.3 Å². The molecular weight excluding hydrogens is 388 g/mol. The molecule has 0 spiro atoms. The summed E-state index contributed by atoms with van der Waals surface area (Å²) in [6.07, 6.45) is 0. The molecule has 6 aromatic rings. The summed E-state index contributed by atoms with van der Waals surface area (Å²) < 4.78 is 4.61. The molecule has 0 atom stereocenters. The number of hydrogen-bond donors (Lipinski definition) is 0. The van der Waals surface area contributed by atoms with E-state index in [-0.39, 0.29) is 14.9 Å². The molecule has 0 radical (unpaired) electrons. The van der Waals surface area contributed by atoms with Gasteiger partial charge in [-0.15, -0.1) is 0 Å². The highest BCUT2D eigenvalue weighted by Gasteiger charge is 2.24. The van der Waals surface area contributed by atoms with E-state index in [1.54, 1.807) is 0 Å². The van der Waals surface area contributed by atoms with Gasteiger partial charge in [0.2, 0.25) is 22.1 Å². The van der Waals surface area contributed by atoms with Gasteiger partial charge in [-0.25, -0.2) is 0 Å². The van der Waals surface area contributed by atoms with Crippen LogP contribution in [0.25, 0.3) is 54.7 Å². The number of nitrogens with zero attached hydrogens (tertiary/aromatic N) is 2. The fourth-order valence-corrected chi connectivity index (χ4v) is 5.00. The van der Waals surface area contributed by atoms with Crippen molar-refractivity contribution in [2.75, 3.05) is 0 Å². The molecule has 4 aromatic carbocycles. The van der Waals surface area contributed by atoms with E-state index >= 15 is 0 Å². The van der Waals surface area contributed by atoms with Crippen LogP contribution in [-0.2, 0) is 14.1 Å². The van der Waals surface area contributed by atoms with E-state index in [1.165, 1.54) is 54.7 Å². The normalized spacial score (nSPS) is 10.9. The van der Waals surface area contributed by atoms with E-state index in [0.717, 1.165) is 0 Å². The van der Waals surface area contributed by atoms with E-state index < -0.39 is 0 Å². The zero-order valence-corrected chi connectivity index (χ0v) is 17.1. The Bertz CT molecular complexity index is 1380. The first-order valence-corrected chi connectivity index (χ1v) is 10.3. The third kappa shape index (κ3) is 2.87. The van der Waals surface area contributed by atoms with Crippen molar-refractivity contribution in [3.63, 3.8) is 0 Å². The topological polar surface area (TPSA) is 7.76 Å². The number of aryl methyl sites for hydroxylation is 2. The standard InChI is InChI=1S/C28H22N2.2CH4/c1-29-23-15-7-3-11-19(23)27(20-12-4-8-16-24(20)29)28-21-13-5-9-17-25(21)30(2)26-18-10-6-14-22(26)28;;/h3-18H,1-2H3;2*1H4/q+2;;. The van der Waals surface area contributed by atoms with E-state index in [1.807, 2.05) is 0 Å². The fraction of sp³-hybridized carbons (Fsp3) is 0.133. The van der Waals surface area contributed by atoms with Gasteiger partial charge in [-0.2, -0.15) is 9.13 Å². The first-order chi connectivity index (χ1) is 14.8. The lowest BCUT2D eigenvalue weighted by Crippen LogP contribution is -2.31. The fourth-order valence-electron chi connectivity index (χ4n) is 5.00. The highest BCUT2D eigenvalue weighted by atomic mass is 14.9. The summed E-state index contributed by atoms with van der Waals surface area (Å²) in [6.45, 7) is 0. The van der Waals surface area contributed by atoms with Gasteiger partial charge < -0.3 is 0 Å². The van der Waals surface area contributed by atoms with Crippen molar-refractivity contribution in [1.29, 1.82) is 0 Å². The van der Waals surface area contributed by atoms with Crippen molar-refractivity contribution in [2.24, 2.45) is 14.1 Å². The van der Waals surface area contributed by atoms with Gasteiger partial charge in [-0.1, -0.05) is 63.4 Å². The van der Waals surface area contributed by atoms with Crippen LogP contribution >= 0.6 is 0 Å². The Kier molecular flexibility index (Phi) is 5.40. The molecule has 2 nitrogen and oxygen atoms in total. The van der Waals surface area contributed by atoms with Gasteiger partial charge in [0.25, 0.3) is 0 Å². The van der Waals surface area contributed by atoms with E-state index in [0.29, 0.717) is 0 Å². The van der Waals surface area contributed by atoms with Crippen LogP contribution in [0.1, 0.15) is 14.9 Å². The van der Waals surface area contributed by atoms with Crippen molar-refractivity contribution in [1.82, 2.24) is 0 Å². The molecule has 6 rings (SSSR count). The monoisotopic (exact) mass is 418 g/mol. The van der Waals surface area contributed by atoms with Crippen LogP contribution in [0.3, 0.4) is 0 Å². The lowest BCUT2D eigenvalue weighted by atomic mass is 9.90. The molecule has 0 amide bonds. The third-order valence-electron chi connectivity index (χ3n) is 6.39. The summed E-state index contributed by atoms with van der Waals surface area (Å²) >= 11 is 0. The number of fused-ring (bicyclic) bond motifs is 4. The molecule has 2 aromatic heterocycles. The van der Waals surface area contributed by atoms with Crippen LogP contribution in [0.15, 0.2) is 97.1 Å². The molecule has 32 heavy (non-hydrogen) atoms. The van der Waals surface area contributed by atoms with Crippen molar-refractivity contribution in [3.8, 4) is 11.1 Å². The molecule has 2 heterocycles. The summed E-state index contributed by atoms with van der Waals surface area (Å²) in [5.41, 5.74) is 7.60. The van der Waals surface area contributed by atoms with Crippen LogP contribution < -0.4 is 9.13 Å². The Morgan fingerprint density at radius 3 is 0.844 bits per heavy atom. The van der Waals surface area contributed by atoms with Crippen molar-refractivity contribution in [3.05, 3.63) is 97.1 Å². The summed E-state index contributed by atoms with van der Waals surface area (Å²) in [4.78, 5) is 0. The van der Waals surface area contributed by atoms with Gasteiger partial charge in [0.1, 0.15) is 14.1 Å². The minimum absolute atomic E-state index is 0. The summed E-state index contributed by atoms with van der Waals surface area (Å²) in [5.74, 6) is 0. The summed E-state index contributed by atoms with van der Waals surface area (Å²) in [7, 11) is 4.32. The number of hydrogen-bond acceptors (Lipinski definition) is 0. The second-order valence-electron chi connectivity index (χ2n) is 7.94. The SMILES string of the molecule is C.C.C[n+]1c2ccccc2c(-c2c3ccccc3[n+](C)c3ccccc23)c2ccccc21. The maximum atomic E-state index is 2.31. The van der Waals surface area contributed by atoms with Crippen LogP contribution in [0.2, 0.25) is 0 Å². The predicted octanol–water partition coefficient (Wildman–Crippen LogP) is 6.89. The lowest BCUT2D eigenvalue weighted by Gasteiger charge is -2.14. The Morgan fingerprint density at radius 1 is 0.375 bits per heavy atom. The van der Waals surface area contributed by atoms with E-state index in [2.05, 4.69) is 120 Å². The van der Waals surface area contributed by atoms with E-state index in [4.69, 9.17) is 0 Å². The molecule has 0 N–H and O–H groups in total. The molecule has 0 unspecified atom stereocenters. The molecule has 0 aliphatic rings. The highest BCUT2D eigenvalue weighted by molar-refractivity contribution is 6.18. The lowest BCUT2D eigenvalue weighted by molar-refractivity contribution is -0.617. The summed E-state index contributed by atoms with van der Waals surface area (Å²) in [6, 6.07) is 35.0. The second-order valence-corrected chi connectivity index (χ2v) is 7.94. The van der Waals surface area contributed by atoms with Gasteiger partial charge in [0.05, 0.1) is 21.5 Å². The maximum Gasteiger partial charge on any atom is 0.213 e. The first-order valence-electron chi connectivity index (χ1n) is 10.3. The van der Waals surface area contributed by atoms with Gasteiger partial charge in [0, 0.05) is 35.4 Å². The first kappa shape index (κ1) is 21.5. The summed E-state index contributed by atoms with van der Waals surface area (Å²) in [5, 5.41) is 5.12. The van der Waals surface area contributed by atoms with Crippen molar-refractivity contribution < 1.29 is 9.13 Å². The van der Waals surface area contributed by atoms with Crippen molar-refractivity contribution in [2.45, 2.75) is 14.9 Å². The Labute approximate surface area is 190 Å². The smallest absolute Gasteiger partial charge is 0.194 e. The van der Waals surface area contributed by atoms with Gasteiger partial charge >= 0.3 is 0 Å². The molecular formula is C30H30N2+2. The predicted molar refractivity (Wildman–Crippen MR) is 138 cm³/mol. The molecule has 0 aliphatic heterocycles. The highest BCUT2D eigenvalue weighted by Crippen LogP contribution is 2.40. The largest absolute Gasteiger partial charge is 0.213 e. The molecule has 158 valence electrons. The van der Waals surface area contributed by atoms with Crippen LogP contribution in [-0.4, -0.2) is 0 Å². The molecule has 0 bridgehead atoms. The zero-order valence-electron chi connectivity index (χ0n) is 17.1. The Balaban J connectivity index is 0.00000122. The van der Waals surface area contributed by atoms with Crippen molar-refractivity contribution >= 4 is 43.6 Å². The van der Waals surface area contributed by atoms with Gasteiger partial charge in [0.15, 0.2) is 0 Å². The molecule has 0 aliphatic carbocycles. The number of benzene rings is 4. The van der Waals surface area contributed by atoms with E-state index in [9.17, 15) is 0 Å². The number of rotatable bonds is 1. The minimum Gasteiger partial charge on any atom is -0.194 e. The molecule has 0 fully saturated rings. The number of aromatic nitrogens is 2. The Hall–Kier alpha value is -3.78. The number of pyridine rings is 2. The van der Waals surface area contributed by atoms with Gasteiger partial charge in [-0.3, -0.25) is 0 Å². The zero-order chi connectivity index (χ0) is 20.2. The molecule has 2 heteroatoms. The maximum absolute atomic E-state index is 2.31.